The summed E-state index contributed by atoms with van der Waals surface area (Å²) in [5.74, 6) is 0.663. The molecule has 0 amide bonds. The molecule has 0 aliphatic carbocycles. The molecule has 1 aromatic carbocycles. The van der Waals surface area contributed by atoms with E-state index in [1.807, 2.05) is 6.07 Å². The van der Waals surface area contributed by atoms with Gasteiger partial charge in [-0.1, -0.05) is 24.3 Å². The minimum absolute atomic E-state index is 0.141. The number of carbonyl (C=O) groups is 1. The van der Waals surface area contributed by atoms with E-state index in [9.17, 15) is 9.18 Å². The maximum Gasteiger partial charge on any atom is 0.194 e. The monoisotopic (exact) mass is 246 g/mol. The van der Waals surface area contributed by atoms with E-state index in [1.54, 1.807) is 30.3 Å². The first-order valence-electron chi connectivity index (χ1n) is 5.79. The normalized spacial score (nSPS) is 11.6. The van der Waals surface area contributed by atoms with Gasteiger partial charge in [-0.3, -0.25) is 4.79 Å². The number of hydrogen-bond acceptors (Lipinski definition) is 2. The van der Waals surface area contributed by atoms with Crippen molar-refractivity contribution in [3.05, 3.63) is 47.7 Å². The van der Waals surface area contributed by atoms with Gasteiger partial charge in [0.1, 0.15) is 11.4 Å². The number of rotatable bonds is 3. The number of halogens is 1. The zero-order valence-corrected chi connectivity index (χ0v) is 10.7. The summed E-state index contributed by atoms with van der Waals surface area (Å²) < 4.78 is 19.6. The molecule has 3 heteroatoms. The highest BCUT2D eigenvalue weighted by atomic mass is 19.1. The topological polar surface area (TPSA) is 30.2 Å². The van der Waals surface area contributed by atoms with Gasteiger partial charge in [0.25, 0.3) is 0 Å². The van der Waals surface area contributed by atoms with Crippen molar-refractivity contribution < 1.29 is 13.6 Å². The molecule has 94 valence electrons. The van der Waals surface area contributed by atoms with Crippen molar-refractivity contribution in [2.24, 2.45) is 0 Å². The van der Waals surface area contributed by atoms with Crippen LogP contribution in [0, 0.1) is 0 Å². The lowest BCUT2D eigenvalue weighted by atomic mass is 9.93. The third kappa shape index (κ3) is 2.35. The quantitative estimate of drug-likeness (QED) is 0.753. The van der Waals surface area contributed by atoms with Crippen molar-refractivity contribution >= 4 is 5.78 Å². The summed E-state index contributed by atoms with van der Waals surface area (Å²) in [7, 11) is 0. The largest absolute Gasteiger partial charge is 0.453 e. The number of Topliss-reactive ketones (excluding diaryl/α,β-unsaturated/α-hetero) is 1. The first-order chi connectivity index (χ1) is 8.39. The first kappa shape index (κ1) is 12.6. The molecule has 0 aliphatic rings. The van der Waals surface area contributed by atoms with E-state index >= 15 is 0 Å². The predicted octanol–water partition coefficient (Wildman–Crippen LogP) is 4.35. The minimum Gasteiger partial charge on any atom is -0.453 e. The Hall–Kier alpha value is -1.90. The summed E-state index contributed by atoms with van der Waals surface area (Å²) >= 11 is 0. The first-order valence-corrected chi connectivity index (χ1v) is 5.79. The Morgan fingerprint density at radius 1 is 1.17 bits per heavy atom. The van der Waals surface area contributed by atoms with Crippen molar-refractivity contribution in [2.45, 2.75) is 26.4 Å². The standard InChI is InChI=1S/C15H15FO2/c1-10(17)13-8-9-14(18-13)11-6-4-5-7-12(11)15(2,3)16/h4-9H,1-3H3. The molecule has 0 atom stereocenters. The molecule has 0 fully saturated rings. The van der Waals surface area contributed by atoms with Gasteiger partial charge in [0.2, 0.25) is 0 Å². The fourth-order valence-electron chi connectivity index (χ4n) is 1.89. The summed E-state index contributed by atoms with van der Waals surface area (Å²) in [6.07, 6.45) is 0. The summed E-state index contributed by atoms with van der Waals surface area (Å²) in [6.45, 7) is 4.44. The molecule has 2 aromatic rings. The minimum atomic E-state index is -1.46. The van der Waals surface area contributed by atoms with Crippen molar-refractivity contribution in [2.75, 3.05) is 0 Å². The van der Waals surface area contributed by atoms with Crippen LogP contribution in [0.25, 0.3) is 11.3 Å². The number of alkyl halides is 1. The molecule has 0 bridgehead atoms. The van der Waals surface area contributed by atoms with Crippen molar-refractivity contribution in [3.63, 3.8) is 0 Å². The van der Waals surface area contributed by atoms with Crippen LogP contribution >= 0.6 is 0 Å². The van der Waals surface area contributed by atoms with Crippen LogP contribution in [-0.2, 0) is 5.67 Å². The molecular formula is C15H15FO2. The molecule has 0 saturated carbocycles. The molecule has 1 heterocycles. The molecule has 0 spiro atoms. The smallest absolute Gasteiger partial charge is 0.194 e. The van der Waals surface area contributed by atoms with Crippen LogP contribution in [0.15, 0.2) is 40.8 Å². The van der Waals surface area contributed by atoms with Gasteiger partial charge < -0.3 is 4.42 Å². The average molecular weight is 246 g/mol. The molecule has 0 radical (unpaired) electrons. The third-order valence-electron chi connectivity index (χ3n) is 2.79. The molecule has 0 unspecified atom stereocenters. The maximum absolute atomic E-state index is 14.1. The summed E-state index contributed by atoms with van der Waals surface area (Å²) in [4.78, 5) is 11.2. The van der Waals surface area contributed by atoms with E-state index in [0.717, 1.165) is 0 Å². The number of benzene rings is 1. The summed E-state index contributed by atoms with van der Waals surface area (Å²) in [5.41, 5.74) is -0.230. The van der Waals surface area contributed by atoms with Crippen LogP contribution in [-0.4, -0.2) is 5.78 Å². The molecule has 2 nitrogen and oxygen atoms in total. The average Bonchev–Trinajstić information content (AvgIpc) is 2.77. The summed E-state index contributed by atoms with van der Waals surface area (Å²) in [5, 5.41) is 0. The van der Waals surface area contributed by atoms with Gasteiger partial charge in [0.05, 0.1) is 0 Å². The second-order valence-corrected chi connectivity index (χ2v) is 4.74. The van der Waals surface area contributed by atoms with E-state index in [-0.39, 0.29) is 11.5 Å². The van der Waals surface area contributed by atoms with E-state index < -0.39 is 5.67 Å². The second-order valence-electron chi connectivity index (χ2n) is 4.74. The van der Waals surface area contributed by atoms with Crippen LogP contribution < -0.4 is 0 Å². The fourth-order valence-corrected chi connectivity index (χ4v) is 1.89. The Morgan fingerprint density at radius 2 is 1.83 bits per heavy atom. The van der Waals surface area contributed by atoms with Crippen LogP contribution in [0.3, 0.4) is 0 Å². The lowest BCUT2D eigenvalue weighted by molar-refractivity contribution is 0.0988. The van der Waals surface area contributed by atoms with E-state index in [4.69, 9.17) is 4.42 Å². The van der Waals surface area contributed by atoms with Gasteiger partial charge in [0.15, 0.2) is 11.5 Å². The number of hydrogen-bond donors (Lipinski definition) is 0. The summed E-state index contributed by atoms with van der Waals surface area (Å²) in [6, 6.07) is 10.4. The van der Waals surface area contributed by atoms with Crippen molar-refractivity contribution in [1.29, 1.82) is 0 Å². The maximum atomic E-state index is 14.1. The fraction of sp³-hybridized carbons (Fsp3) is 0.267. The Kier molecular flexibility index (Phi) is 3.07. The van der Waals surface area contributed by atoms with Crippen LogP contribution in [0.1, 0.15) is 36.9 Å². The van der Waals surface area contributed by atoms with Crippen LogP contribution in [0.4, 0.5) is 4.39 Å². The van der Waals surface area contributed by atoms with Gasteiger partial charge in [-0.25, -0.2) is 4.39 Å². The van der Waals surface area contributed by atoms with Crippen LogP contribution in [0.5, 0.6) is 0 Å². The van der Waals surface area contributed by atoms with E-state index in [1.165, 1.54) is 20.8 Å². The molecule has 2 rings (SSSR count). The lowest BCUT2D eigenvalue weighted by Crippen LogP contribution is -2.10. The predicted molar refractivity (Wildman–Crippen MR) is 68.3 cm³/mol. The Bertz CT molecular complexity index is 576. The Balaban J connectivity index is 2.53. The van der Waals surface area contributed by atoms with Crippen molar-refractivity contribution in [3.8, 4) is 11.3 Å². The number of carbonyl (C=O) groups excluding carboxylic acids is 1. The third-order valence-corrected chi connectivity index (χ3v) is 2.79. The molecular weight excluding hydrogens is 231 g/mol. The molecule has 1 aromatic heterocycles. The molecule has 0 saturated heterocycles. The van der Waals surface area contributed by atoms with Gasteiger partial charge in [-0.05, 0) is 31.5 Å². The molecule has 0 N–H and O–H groups in total. The number of ketones is 1. The highest BCUT2D eigenvalue weighted by Crippen LogP contribution is 2.34. The highest BCUT2D eigenvalue weighted by Gasteiger charge is 2.24. The lowest BCUT2D eigenvalue weighted by Gasteiger charge is -2.17. The van der Waals surface area contributed by atoms with Crippen LogP contribution in [0.2, 0.25) is 0 Å². The molecule has 18 heavy (non-hydrogen) atoms. The Labute approximate surface area is 105 Å². The van der Waals surface area contributed by atoms with Gasteiger partial charge in [-0.15, -0.1) is 0 Å². The van der Waals surface area contributed by atoms with Crippen molar-refractivity contribution in [1.82, 2.24) is 0 Å². The van der Waals surface area contributed by atoms with E-state index in [0.29, 0.717) is 16.9 Å². The van der Waals surface area contributed by atoms with E-state index in [2.05, 4.69) is 0 Å². The van der Waals surface area contributed by atoms with Gasteiger partial charge in [0, 0.05) is 12.5 Å². The molecule has 0 aliphatic heterocycles. The number of furan rings is 1. The highest BCUT2D eigenvalue weighted by molar-refractivity contribution is 5.91. The zero-order valence-electron chi connectivity index (χ0n) is 10.7. The SMILES string of the molecule is CC(=O)c1ccc(-c2ccccc2C(C)(C)F)o1. The van der Waals surface area contributed by atoms with Gasteiger partial charge >= 0.3 is 0 Å². The second kappa shape index (κ2) is 4.41. The Morgan fingerprint density at radius 3 is 2.39 bits per heavy atom. The van der Waals surface area contributed by atoms with Gasteiger partial charge in [-0.2, -0.15) is 0 Å². The zero-order chi connectivity index (χ0) is 13.3.